The van der Waals surface area contributed by atoms with Gasteiger partial charge in [0.25, 0.3) is 0 Å². The highest BCUT2D eigenvalue weighted by atomic mass is 32.2. The molecule has 0 aliphatic carbocycles. The fourth-order valence-electron chi connectivity index (χ4n) is 2.26. The summed E-state index contributed by atoms with van der Waals surface area (Å²) in [6.07, 6.45) is 2.12. The van der Waals surface area contributed by atoms with Crippen molar-refractivity contribution < 1.29 is 13.9 Å². The Morgan fingerprint density at radius 1 is 1.20 bits per heavy atom. The number of halogens is 1. The van der Waals surface area contributed by atoms with Crippen LogP contribution >= 0.6 is 11.8 Å². The summed E-state index contributed by atoms with van der Waals surface area (Å²) in [5.41, 5.74) is 1.78. The molecule has 3 rings (SSSR count). The lowest BCUT2D eigenvalue weighted by atomic mass is 10.1. The first-order chi connectivity index (χ1) is 12.1. The molecule has 1 amide bonds. The molecule has 1 heterocycles. The van der Waals surface area contributed by atoms with Crippen LogP contribution in [-0.4, -0.2) is 29.6 Å². The fourth-order valence-corrected chi connectivity index (χ4v) is 3.22. The van der Waals surface area contributed by atoms with E-state index in [4.69, 9.17) is 4.74 Å². The highest BCUT2D eigenvalue weighted by molar-refractivity contribution is 8.15. The summed E-state index contributed by atoms with van der Waals surface area (Å²) < 4.78 is 18.0. The number of carbonyl (C=O) groups is 1. The van der Waals surface area contributed by atoms with Gasteiger partial charge in [0.1, 0.15) is 11.6 Å². The number of nitrogens with zero attached hydrogens (tertiary/aromatic N) is 2. The smallest absolute Gasteiger partial charge is 0.239 e. The first-order valence-electron chi connectivity index (χ1n) is 7.61. The minimum atomic E-state index is -0.291. The lowest BCUT2D eigenvalue weighted by molar-refractivity contribution is -0.118. The maximum Gasteiger partial charge on any atom is 0.239 e. The van der Waals surface area contributed by atoms with Crippen molar-refractivity contribution in [3.05, 3.63) is 65.5 Å². The maximum atomic E-state index is 12.9. The average Bonchev–Trinajstić information content (AvgIpc) is 2.97. The molecule has 1 N–H and O–H groups in total. The molecular formula is C18H16FN3O2S. The molecule has 1 aliphatic rings. The number of hydrogen-bond acceptors (Lipinski definition) is 5. The van der Waals surface area contributed by atoms with E-state index in [1.54, 1.807) is 25.5 Å². The van der Waals surface area contributed by atoms with E-state index in [9.17, 15) is 9.18 Å². The van der Waals surface area contributed by atoms with Crippen molar-refractivity contribution in [2.75, 3.05) is 7.11 Å². The van der Waals surface area contributed by atoms with E-state index in [2.05, 4.69) is 15.5 Å². The van der Waals surface area contributed by atoms with Gasteiger partial charge in [-0.2, -0.15) is 5.10 Å². The van der Waals surface area contributed by atoms with Crippen LogP contribution in [0.25, 0.3) is 0 Å². The van der Waals surface area contributed by atoms with E-state index in [0.717, 1.165) is 16.9 Å². The molecule has 1 aliphatic heterocycles. The second-order valence-electron chi connectivity index (χ2n) is 5.35. The monoisotopic (exact) mass is 357 g/mol. The third-order valence-electron chi connectivity index (χ3n) is 3.58. The van der Waals surface area contributed by atoms with Crippen molar-refractivity contribution in [2.24, 2.45) is 10.2 Å². The van der Waals surface area contributed by atoms with Crippen LogP contribution in [0.4, 0.5) is 4.39 Å². The van der Waals surface area contributed by atoms with Crippen LogP contribution in [0.2, 0.25) is 0 Å². The van der Waals surface area contributed by atoms with Crippen LogP contribution in [0.15, 0.2) is 58.7 Å². The predicted molar refractivity (Wildman–Crippen MR) is 97.6 cm³/mol. The summed E-state index contributed by atoms with van der Waals surface area (Å²) in [4.78, 5) is 12.0. The molecule has 0 aromatic heterocycles. The predicted octanol–water partition coefficient (Wildman–Crippen LogP) is 3.00. The Morgan fingerprint density at radius 3 is 2.60 bits per heavy atom. The first-order valence-corrected chi connectivity index (χ1v) is 8.49. The lowest BCUT2D eigenvalue weighted by Crippen LogP contribution is -2.25. The zero-order valence-electron chi connectivity index (χ0n) is 13.5. The van der Waals surface area contributed by atoms with Gasteiger partial charge in [0, 0.05) is 0 Å². The molecule has 0 spiro atoms. The summed E-state index contributed by atoms with van der Waals surface area (Å²) >= 11 is 1.32. The summed E-state index contributed by atoms with van der Waals surface area (Å²) in [7, 11) is 1.61. The lowest BCUT2D eigenvalue weighted by Gasteiger charge is -2.04. The molecule has 0 saturated carbocycles. The van der Waals surface area contributed by atoms with Crippen LogP contribution in [0.3, 0.4) is 0 Å². The zero-order chi connectivity index (χ0) is 17.6. The quantitative estimate of drug-likeness (QED) is 0.661. The normalized spacial score (nSPS) is 18.7. The number of amides is 1. The zero-order valence-corrected chi connectivity index (χ0v) is 14.3. The van der Waals surface area contributed by atoms with E-state index in [0.29, 0.717) is 11.6 Å². The highest BCUT2D eigenvalue weighted by Gasteiger charge is 2.30. The number of rotatable bonds is 5. The third kappa shape index (κ3) is 4.67. The van der Waals surface area contributed by atoms with Gasteiger partial charge in [0.2, 0.25) is 5.91 Å². The summed E-state index contributed by atoms with van der Waals surface area (Å²) in [6.45, 7) is 0. The summed E-state index contributed by atoms with van der Waals surface area (Å²) in [5.74, 6) is 0.362. The van der Waals surface area contributed by atoms with Crippen molar-refractivity contribution in [1.82, 2.24) is 5.32 Å². The molecular weight excluding hydrogens is 341 g/mol. The highest BCUT2D eigenvalue weighted by Crippen LogP contribution is 2.23. The Morgan fingerprint density at radius 2 is 1.92 bits per heavy atom. The number of amidine groups is 1. The van der Waals surface area contributed by atoms with Gasteiger partial charge in [0.05, 0.1) is 18.6 Å². The first kappa shape index (κ1) is 17.2. The van der Waals surface area contributed by atoms with Crippen molar-refractivity contribution in [1.29, 1.82) is 0 Å². The van der Waals surface area contributed by atoms with Gasteiger partial charge in [0.15, 0.2) is 5.17 Å². The van der Waals surface area contributed by atoms with Crippen LogP contribution in [-0.2, 0) is 11.2 Å². The standard InChI is InChI=1S/C18H16FN3O2S/c1-24-15-8-4-13(5-9-15)11-20-22-18-21-17(23)16(25-18)10-12-2-6-14(19)7-3-12/h2-9,11,16H,10H2,1H3,(H,21,22,23)/b20-11+. The molecule has 1 atom stereocenters. The Labute approximate surface area is 149 Å². The summed E-state index contributed by atoms with van der Waals surface area (Å²) in [5, 5.41) is 10.9. The largest absolute Gasteiger partial charge is 0.497 e. The summed E-state index contributed by atoms with van der Waals surface area (Å²) in [6, 6.07) is 13.5. The second-order valence-corrected chi connectivity index (χ2v) is 6.54. The van der Waals surface area contributed by atoms with Crippen molar-refractivity contribution in [3.8, 4) is 5.75 Å². The van der Waals surface area contributed by atoms with E-state index in [-0.39, 0.29) is 17.0 Å². The molecule has 1 fully saturated rings. The number of thioether (sulfide) groups is 1. The molecule has 128 valence electrons. The molecule has 0 radical (unpaired) electrons. The van der Waals surface area contributed by atoms with Gasteiger partial charge in [-0.15, -0.1) is 5.10 Å². The number of ether oxygens (including phenoxy) is 1. The Hall–Kier alpha value is -2.67. The van der Waals surface area contributed by atoms with E-state index in [1.807, 2.05) is 24.3 Å². The second kappa shape index (κ2) is 7.94. The van der Waals surface area contributed by atoms with Gasteiger partial charge in [-0.1, -0.05) is 23.9 Å². The number of nitrogens with one attached hydrogen (secondary N) is 1. The maximum absolute atomic E-state index is 12.9. The fraction of sp³-hybridized carbons (Fsp3) is 0.167. The van der Waals surface area contributed by atoms with Crippen molar-refractivity contribution in [3.63, 3.8) is 0 Å². The van der Waals surface area contributed by atoms with Crippen LogP contribution in [0.1, 0.15) is 11.1 Å². The molecule has 0 bridgehead atoms. The minimum Gasteiger partial charge on any atom is -0.497 e. The number of methoxy groups -OCH3 is 1. The van der Waals surface area contributed by atoms with Gasteiger partial charge in [-0.05, 0) is 53.9 Å². The van der Waals surface area contributed by atoms with E-state index in [1.165, 1.54) is 23.9 Å². The molecule has 2 aromatic carbocycles. The SMILES string of the molecule is COc1ccc(/C=N/N=C2NC(=O)C(Cc3ccc(F)cc3)S2)cc1. The number of hydrogen-bond donors (Lipinski definition) is 1. The van der Waals surface area contributed by atoms with Gasteiger partial charge >= 0.3 is 0 Å². The molecule has 25 heavy (non-hydrogen) atoms. The molecule has 2 aromatic rings. The number of benzene rings is 2. The van der Waals surface area contributed by atoms with Gasteiger partial charge in [-0.3, -0.25) is 4.79 Å². The average molecular weight is 357 g/mol. The third-order valence-corrected chi connectivity index (χ3v) is 4.65. The topological polar surface area (TPSA) is 63.1 Å². The van der Waals surface area contributed by atoms with Crippen LogP contribution in [0.5, 0.6) is 5.75 Å². The Balaban J connectivity index is 1.60. The van der Waals surface area contributed by atoms with Crippen LogP contribution in [0, 0.1) is 5.82 Å². The minimum absolute atomic E-state index is 0.118. The number of carbonyl (C=O) groups excluding carboxylic acids is 1. The van der Waals surface area contributed by atoms with E-state index >= 15 is 0 Å². The molecule has 1 unspecified atom stereocenters. The van der Waals surface area contributed by atoms with Gasteiger partial charge in [-0.25, -0.2) is 4.39 Å². The molecule has 5 nitrogen and oxygen atoms in total. The Kier molecular flexibility index (Phi) is 5.45. The van der Waals surface area contributed by atoms with Crippen molar-refractivity contribution in [2.45, 2.75) is 11.7 Å². The van der Waals surface area contributed by atoms with Crippen LogP contribution < -0.4 is 10.1 Å². The Bertz CT molecular complexity index is 804. The van der Waals surface area contributed by atoms with E-state index < -0.39 is 0 Å². The molecule has 7 heteroatoms. The van der Waals surface area contributed by atoms with Crippen molar-refractivity contribution >= 4 is 29.1 Å². The van der Waals surface area contributed by atoms with Gasteiger partial charge < -0.3 is 10.1 Å². The molecule has 1 saturated heterocycles.